The molecule has 0 atom stereocenters. The van der Waals surface area contributed by atoms with E-state index >= 15 is 0 Å². The average Bonchev–Trinajstić information content (AvgIpc) is 3.24. The van der Waals surface area contributed by atoms with E-state index < -0.39 is 0 Å². The second kappa shape index (κ2) is 8.16. The molecule has 7 nitrogen and oxygen atoms in total. The summed E-state index contributed by atoms with van der Waals surface area (Å²) in [4.78, 5) is 24.2. The molecule has 152 valence electrons. The van der Waals surface area contributed by atoms with E-state index in [0.717, 1.165) is 28.2 Å². The zero-order chi connectivity index (χ0) is 21.2. The molecule has 0 aliphatic carbocycles. The van der Waals surface area contributed by atoms with Crippen LogP contribution in [0.25, 0.3) is 28.0 Å². The molecule has 0 saturated heterocycles. The number of nitrogens with zero attached hydrogens (tertiary/aromatic N) is 5. The van der Waals surface area contributed by atoms with Crippen molar-refractivity contribution in [2.45, 2.75) is 17.8 Å². The van der Waals surface area contributed by atoms with Crippen LogP contribution in [-0.4, -0.2) is 29.7 Å². The van der Waals surface area contributed by atoms with Gasteiger partial charge in [0.2, 0.25) is 0 Å². The zero-order valence-corrected chi connectivity index (χ0v) is 17.5. The van der Waals surface area contributed by atoms with Gasteiger partial charge in [0.1, 0.15) is 5.82 Å². The Kier molecular flexibility index (Phi) is 5.05. The lowest BCUT2D eigenvalue weighted by molar-refractivity contribution is 0.883. The fraction of sp³-hybridized carbons (Fsp3) is 0.0870. The predicted octanol–water partition coefficient (Wildman–Crippen LogP) is 4.17. The standard InChI is InChI=1S/C23H18N6OS/c1-15-6-5-9-18-20(15)25-19(26-22(18)30)14-31-23-28-27-21(16-10-12-24-13-11-16)29(23)17-7-3-2-4-8-17/h2-13H,14H2,1H3,(H,25,26,30). The Bertz CT molecular complexity index is 1410. The number of fused-ring (bicyclic) bond motifs is 1. The van der Waals surface area contributed by atoms with Crippen LogP contribution in [0.2, 0.25) is 0 Å². The van der Waals surface area contributed by atoms with E-state index in [0.29, 0.717) is 22.1 Å². The minimum absolute atomic E-state index is 0.133. The van der Waals surface area contributed by atoms with E-state index in [1.165, 1.54) is 11.8 Å². The zero-order valence-electron chi connectivity index (χ0n) is 16.7. The lowest BCUT2D eigenvalue weighted by Gasteiger charge is -2.10. The van der Waals surface area contributed by atoms with Crippen molar-refractivity contribution in [3.05, 3.63) is 94.8 Å². The molecule has 3 aromatic heterocycles. The van der Waals surface area contributed by atoms with Crippen molar-refractivity contribution < 1.29 is 0 Å². The lowest BCUT2D eigenvalue weighted by atomic mass is 10.1. The third-order valence-corrected chi connectivity index (χ3v) is 5.85. The molecule has 5 aromatic rings. The molecule has 0 spiro atoms. The van der Waals surface area contributed by atoms with Gasteiger partial charge in [0.25, 0.3) is 5.56 Å². The molecule has 0 aliphatic heterocycles. The second-order valence-corrected chi connectivity index (χ2v) is 7.93. The molecule has 5 rings (SSSR count). The lowest BCUT2D eigenvalue weighted by Crippen LogP contribution is -2.12. The highest BCUT2D eigenvalue weighted by Crippen LogP contribution is 2.29. The number of hydrogen-bond donors (Lipinski definition) is 1. The summed E-state index contributed by atoms with van der Waals surface area (Å²) in [5.74, 6) is 1.79. The summed E-state index contributed by atoms with van der Waals surface area (Å²) in [6.07, 6.45) is 3.47. The number of pyridine rings is 1. The van der Waals surface area contributed by atoms with E-state index in [4.69, 9.17) is 0 Å². The number of nitrogens with one attached hydrogen (secondary N) is 1. The van der Waals surface area contributed by atoms with Crippen LogP contribution >= 0.6 is 11.8 Å². The monoisotopic (exact) mass is 426 g/mol. The highest BCUT2D eigenvalue weighted by molar-refractivity contribution is 7.98. The first-order valence-electron chi connectivity index (χ1n) is 9.73. The number of aromatic nitrogens is 6. The third kappa shape index (κ3) is 3.73. The number of thioether (sulfide) groups is 1. The topological polar surface area (TPSA) is 89.4 Å². The van der Waals surface area contributed by atoms with E-state index in [1.807, 2.05) is 66.1 Å². The van der Waals surface area contributed by atoms with Gasteiger partial charge in [0.15, 0.2) is 11.0 Å². The first-order chi connectivity index (χ1) is 15.2. The van der Waals surface area contributed by atoms with Crippen LogP contribution in [0.4, 0.5) is 0 Å². The Labute approximate surface area is 182 Å². The summed E-state index contributed by atoms with van der Waals surface area (Å²) >= 11 is 1.47. The van der Waals surface area contributed by atoms with Gasteiger partial charge in [-0.3, -0.25) is 14.3 Å². The van der Waals surface area contributed by atoms with Gasteiger partial charge in [-0.15, -0.1) is 10.2 Å². The number of aromatic amines is 1. The third-order valence-electron chi connectivity index (χ3n) is 4.91. The number of H-pyrrole nitrogens is 1. The normalized spacial score (nSPS) is 11.1. The van der Waals surface area contributed by atoms with Crippen molar-refractivity contribution in [2.24, 2.45) is 0 Å². The number of hydrogen-bond acceptors (Lipinski definition) is 6. The molecule has 3 heterocycles. The van der Waals surface area contributed by atoms with Crippen LogP contribution in [0.15, 0.2) is 83.0 Å². The second-order valence-electron chi connectivity index (χ2n) is 6.99. The molecule has 8 heteroatoms. The van der Waals surface area contributed by atoms with Gasteiger partial charge in [-0.25, -0.2) is 4.98 Å². The smallest absolute Gasteiger partial charge is 0.258 e. The van der Waals surface area contributed by atoms with Gasteiger partial charge in [0, 0.05) is 23.6 Å². The number of rotatable bonds is 5. The Morgan fingerprint density at radius 3 is 2.58 bits per heavy atom. The number of aryl methyl sites for hydroxylation is 1. The molecular weight excluding hydrogens is 408 g/mol. The van der Waals surface area contributed by atoms with Gasteiger partial charge in [-0.2, -0.15) is 0 Å². The van der Waals surface area contributed by atoms with Crippen LogP contribution in [0.3, 0.4) is 0 Å². The van der Waals surface area contributed by atoms with Crippen molar-refractivity contribution in [2.75, 3.05) is 0 Å². The number of benzene rings is 2. The molecule has 2 aromatic carbocycles. The van der Waals surface area contributed by atoms with Crippen LogP contribution < -0.4 is 5.56 Å². The fourth-order valence-electron chi connectivity index (χ4n) is 3.41. The maximum atomic E-state index is 12.5. The van der Waals surface area contributed by atoms with E-state index in [9.17, 15) is 4.79 Å². The summed E-state index contributed by atoms with van der Waals surface area (Å²) < 4.78 is 2.00. The van der Waals surface area contributed by atoms with E-state index in [-0.39, 0.29) is 5.56 Å². The quantitative estimate of drug-likeness (QED) is 0.424. The highest BCUT2D eigenvalue weighted by Gasteiger charge is 2.17. The molecule has 0 saturated carbocycles. The Hall–Kier alpha value is -3.78. The van der Waals surface area contributed by atoms with Crippen LogP contribution in [0.1, 0.15) is 11.4 Å². The summed E-state index contributed by atoms with van der Waals surface area (Å²) in [5, 5.41) is 10.2. The summed E-state index contributed by atoms with van der Waals surface area (Å²) in [7, 11) is 0. The molecule has 31 heavy (non-hydrogen) atoms. The summed E-state index contributed by atoms with van der Waals surface area (Å²) in [6, 6.07) is 19.4. The van der Waals surface area contributed by atoms with E-state index in [1.54, 1.807) is 18.5 Å². The average molecular weight is 427 g/mol. The van der Waals surface area contributed by atoms with Crippen LogP contribution in [-0.2, 0) is 5.75 Å². The molecule has 0 bridgehead atoms. The van der Waals surface area contributed by atoms with Crippen LogP contribution in [0.5, 0.6) is 0 Å². The Morgan fingerprint density at radius 2 is 1.77 bits per heavy atom. The van der Waals surface area contributed by atoms with Gasteiger partial charge < -0.3 is 4.98 Å². The largest absolute Gasteiger partial charge is 0.309 e. The SMILES string of the molecule is Cc1cccc2c(=O)[nH]c(CSc3nnc(-c4ccncc4)n3-c3ccccc3)nc12. The molecule has 0 aliphatic rings. The van der Waals surface area contributed by atoms with Crippen molar-refractivity contribution in [1.82, 2.24) is 29.7 Å². The van der Waals surface area contributed by atoms with Gasteiger partial charge >= 0.3 is 0 Å². The maximum Gasteiger partial charge on any atom is 0.258 e. The minimum atomic E-state index is -0.133. The predicted molar refractivity (Wildman–Crippen MR) is 121 cm³/mol. The Morgan fingerprint density at radius 1 is 0.968 bits per heavy atom. The van der Waals surface area contributed by atoms with Crippen LogP contribution in [0, 0.1) is 6.92 Å². The van der Waals surface area contributed by atoms with Crippen molar-refractivity contribution in [3.8, 4) is 17.1 Å². The van der Waals surface area contributed by atoms with Gasteiger partial charge in [-0.05, 0) is 42.8 Å². The molecular formula is C23H18N6OS. The maximum absolute atomic E-state index is 12.5. The van der Waals surface area contributed by atoms with Crippen molar-refractivity contribution >= 4 is 22.7 Å². The minimum Gasteiger partial charge on any atom is -0.309 e. The summed E-state index contributed by atoms with van der Waals surface area (Å²) in [6.45, 7) is 1.96. The fourth-order valence-corrected chi connectivity index (χ4v) is 4.24. The molecule has 0 unspecified atom stereocenters. The molecule has 1 N–H and O–H groups in total. The van der Waals surface area contributed by atoms with E-state index in [2.05, 4.69) is 25.1 Å². The highest BCUT2D eigenvalue weighted by atomic mass is 32.2. The summed E-state index contributed by atoms with van der Waals surface area (Å²) in [5.41, 5.74) is 3.45. The van der Waals surface area contributed by atoms with Crippen molar-refractivity contribution in [1.29, 1.82) is 0 Å². The molecule has 0 fully saturated rings. The first kappa shape index (κ1) is 19.2. The molecule has 0 amide bonds. The molecule has 0 radical (unpaired) electrons. The van der Waals surface area contributed by atoms with Gasteiger partial charge in [-0.1, -0.05) is 42.1 Å². The Balaban J connectivity index is 1.53. The van der Waals surface area contributed by atoms with Crippen molar-refractivity contribution in [3.63, 3.8) is 0 Å². The number of para-hydroxylation sites is 2. The van der Waals surface area contributed by atoms with Gasteiger partial charge in [0.05, 0.1) is 16.7 Å². The first-order valence-corrected chi connectivity index (χ1v) is 10.7.